The van der Waals surface area contributed by atoms with Crippen molar-refractivity contribution in [2.45, 2.75) is 6.61 Å². The molecule has 140 valence electrons. The van der Waals surface area contributed by atoms with Gasteiger partial charge in [-0.1, -0.05) is 3.89 Å². The van der Waals surface area contributed by atoms with Crippen LogP contribution < -0.4 is 8.92 Å². The van der Waals surface area contributed by atoms with E-state index in [9.17, 15) is 21.1 Å². The maximum absolute atomic E-state index is 14.2. The Labute approximate surface area is 152 Å². The molecule has 0 radical (unpaired) electrons. The minimum absolute atomic E-state index is 0.174. The normalized spacial score (nSPS) is 11.2. The Morgan fingerprint density at radius 3 is 2.04 bits per heavy atom. The molecular formula is C17H11F3N2O4S. The van der Waals surface area contributed by atoms with Gasteiger partial charge in [-0.3, -0.25) is 0 Å². The molecule has 1 aromatic heterocycles. The minimum Gasteiger partial charge on any atom is -0.489 e. The number of benzene rings is 2. The highest BCUT2D eigenvalue weighted by molar-refractivity contribution is 7.81. The van der Waals surface area contributed by atoms with Crippen LogP contribution in [0.5, 0.6) is 11.5 Å². The fourth-order valence-corrected chi connectivity index (χ4v) is 2.52. The van der Waals surface area contributed by atoms with Gasteiger partial charge in [-0.05, 0) is 42.5 Å². The molecule has 3 aromatic rings. The second-order valence-electron chi connectivity index (χ2n) is 5.23. The lowest BCUT2D eigenvalue weighted by molar-refractivity contribution is 0.292. The Kier molecular flexibility index (Phi) is 5.26. The Bertz CT molecular complexity index is 1020. The van der Waals surface area contributed by atoms with Crippen molar-refractivity contribution in [1.82, 2.24) is 9.97 Å². The zero-order valence-electron chi connectivity index (χ0n) is 13.5. The molecule has 0 aliphatic carbocycles. The third kappa shape index (κ3) is 4.94. The molecule has 0 unspecified atom stereocenters. The molecule has 0 spiro atoms. The summed E-state index contributed by atoms with van der Waals surface area (Å²) in [6.07, 6.45) is 2.91. The van der Waals surface area contributed by atoms with Crippen molar-refractivity contribution in [3.05, 3.63) is 72.1 Å². The van der Waals surface area contributed by atoms with Crippen LogP contribution >= 0.6 is 0 Å². The fraction of sp³-hybridized carbons (Fsp3) is 0.0588. The third-order valence-corrected chi connectivity index (χ3v) is 3.76. The molecule has 0 N–H and O–H groups in total. The van der Waals surface area contributed by atoms with Gasteiger partial charge in [0.05, 0.1) is 5.56 Å². The molecule has 0 aliphatic rings. The molecule has 0 saturated carbocycles. The van der Waals surface area contributed by atoms with Crippen LogP contribution in [-0.2, 0) is 17.1 Å². The van der Waals surface area contributed by atoms with Crippen LogP contribution in [0.4, 0.5) is 12.7 Å². The number of rotatable bonds is 6. The van der Waals surface area contributed by atoms with E-state index < -0.39 is 28.7 Å². The van der Waals surface area contributed by atoms with E-state index >= 15 is 0 Å². The van der Waals surface area contributed by atoms with E-state index in [4.69, 9.17) is 4.74 Å². The van der Waals surface area contributed by atoms with Crippen LogP contribution in [-0.4, -0.2) is 18.4 Å². The van der Waals surface area contributed by atoms with Gasteiger partial charge in [-0.15, -0.1) is 0 Å². The average molecular weight is 396 g/mol. The molecule has 6 nitrogen and oxygen atoms in total. The molecule has 10 heteroatoms. The molecule has 0 fully saturated rings. The summed E-state index contributed by atoms with van der Waals surface area (Å²) in [5.74, 6) is -1.58. The molecule has 0 saturated heterocycles. The number of hydrogen-bond acceptors (Lipinski definition) is 6. The average Bonchev–Trinajstić information content (AvgIpc) is 2.62. The Hall–Kier alpha value is -3.14. The highest BCUT2D eigenvalue weighted by Gasteiger charge is 2.14. The summed E-state index contributed by atoms with van der Waals surface area (Å²) in [6, 6.07) is 8.58. The van der Waals surface area contributed by atoms with E-state index in [0.717, 1.165) is 24.3 Å². The standard InChI is InChI=1S/C17H11F3N2O4S/c18-15-8-11(17-21-6-1-7-22-17)9-16(19)14(15)10-25-12-2-4-13(5-3-12)26-27(20,23)24/h1-9H,10H2. The lowest BCUT2D eigenvalue weighted by Crippen LogP contribution is -2.04. The highest BCUT2D eigenvalue weighted by Crippen LogP contribution is 2.24. The van der Waals surface area contributed by atoms with Crippen molar-refractivity contribution in [2.24, 2.45) is 0 Å². The van der Waals surface area contributed by atoms with E-state index in [0.29, 0.717) is 0 Å². The zero-order valence-corrected chi connectivity index (χ0v) is 14.3. The summed E-state index contributed by atoms with van der Waals surface area (Å²) in [7, 11) is -5.13. The summed E-state index contributed by atoms with van der Waals surface area (Å²) >= 11 is 0. The monoisotopic (exact) mass is 396 g/mol. The Morgan fingerprint density at radius 1 is 0.926 bits per heavy atom. The van der Waals surface area contributed by atoms with Gasteiger partial charge in [0.25, 0.3) is 0 Å². The molecule has 2 aromatic carbocycles. The number of aromatic nitrogens is 2. The minimum atomic E-state index is -5.13. The van der Waals surface area contributed by atoms with E-state index in [1.54, 1.807) is 6.07 Å². The van der Waals surface area contributed by atoms with Gasteiger partial charge in [0, 0.05) is 18.0 Å². The molecule has 27 heavy (non-hydrogen) atoms. The van der Waals surface area contributed by atoms with Gasteiger partial charge in [0.15, 0.2) is 5.82 Å². The zero-order chi connectivity index (χ0) is 19.4. The van der Waals surface area contributed by atoms with Crippen LogP contribution in [0.2, 0.25) is 0 Å². The summed E-state index contributed by atoms with van der Waals surface area (Å²) < 4.78 is 71.0. The van der Waals surface area contributed by atoms with Gasteiger partial charge in [0.2, 0.25) is 0 Å². The fourth-order valence-electron chi connectivity index (χ4n) is 2.18. The van der Waals surface area contributed by atoms with Gasteiger partial charge < -0.3 is 8.92 Å². The first-order valence-corrected chi connectivity index (χ1v) is 8.75. The van der Waals surface area contributed by atoms with E-state index in [1.165, 1.54) is 24.5 Å². The molecule has 0 aliphatic heterocycles. The number of ether oxygens (including phenoxy) is 1. The molecule has 3 rings (SSSR count). The number of hydrogen-bond donors (Lipinski definition) is 0. The predicted molar refractivity (Wildman–Crippen MR) is 88.8 cm³/mol. The van der Waals surface area contributed by atoms with E-state index in [-0.39, 0.29) is 28.5 Å². The van der Waals surface area contributed by atoms with Gasteiger partial charge in [0.1, 0.15) is 29.7 Å². The molecule has 0 atom stereocenters. The largest absolute Gasteiger partial charge is 0.489 e. The first-order valence-electron chi connectivity index (χ1n) is 7.44. The summed E-state index contributed by atoms with van der Waals surface area (Å²) in [5, 5.41) is 0. The van der Waals surface area contributed by atoms with Crippen molar-refractivity contribution in [1.29, 1.82) is 0 Å². The molecule has 0 bridgehead atoms. The third-order valence-electron chi connectivity index (χ3n) is 3.37. The van der Waals surface area contributed by atoms with Crippen LogP contribution in [0.3, 0.4) is 0 Å². The summed E-state index contributed by atoms with van der Waals surface area (Å²) in [4.78, 5) is 7.86. The van der Waals surface area contributed by atoms with Crippen LogP contribution in [0.1, 0.15) is 5.56 Å². The van der Waals surface area contributed by atoms with Crippen molar-refractivity contribution in [2.75, 3.05) is 0 Å². The second-order valence-corrected chi connectivity index (χ2v) is 6.18. The quantitative estimate of drug-likeness (QED) is 0.593. The lowest BCUT2D eigenvalue weighted by atomic mass is 10.1. The lowest BCUT2D eigenvalue weighted by Gasteiger charge is -2.10. The predicted octanol–water partition coefficient (Wildman–Crippen LogP) is 3.59. The van der Waals surface area contributed by atoms with Crippen LogP contribution in [0.15, 0.2) is 54.9 Å². The maximum atomic E-state index is 14.2. The van der Waals surface area contributed by atoms with Gasteiger partial charge in [-0.25, -0.2) is 18.7 Å². The summed E-state index contributed by atoms with van der Waals surface area (Å²) in [5.41, 5.74) is -0.121. The summed E-state index contributed by atoms with van der Waals surface area (Å²) in [6.45, 7) is -0.421. The molecule has 0 amide bonds. The second kappa shape index (κ2) is 7.62. The van der Waals surface area contributed by atoms with Gasteiger partial charge >= 0.3 is 10.5 Å². The highest BCUT2D eigenvalue weighted by atomic mass is 32.3. The topological polar surface area (TPSA) is 78.4 Å². The van der Waals surface area contributed by atoms with Gasteiger partial charge in [-0.2, -0.15) is 8.42 Å². The van der Waals surface area contributed by atoms with Crippen molar-refractivity contribution in [3.63, 3.8) is 0 Å². The smallest absolute Gasteiger partial charge is 0.488 e. The first-order chi connectivity index (χ1) is 12.8. The molecular weight excluding hydrogens is 385 g/mol. The van der Waals surface area contributed by atoms with Crippen LogP contribution in [0.25, 0.3) is 11.4 Å². The van der Waals surface area contributed by atoms with Crippen molar-refractivity contribution < 1.29 is 30.0 Å². The molecule has 1 heterocycles. The van der Waals surface area contributed by atoms with Crippen molar-refractivity contribution >= 4 is 10.5 Å². The van der Waals surface area contributed by atoms with Crippen LogP contribution in [0, 0.1) is 11.6 Å². The maximum Gasteiger partial charge on any atom is 0.488 e. The van der Waals surface area contributed by atoms with E-state index in [2.05, 4.69) is 14.2 Å². The Balaban J connectivity index is 1.73. The number of nitrogens with zero attached hydrogens (tertiary/aromatic N) is 2. The first kappa shape index (κ1) is 18.6. The number of halogens is 3. The van der Waals surface area contributed by atoms with E-state index in [1.807, 2.05) is 0 Å². The Morgan fingerprint density at radius 2 is 1.48 bits per heavy atom. The van der Waals surface area contributed by atoms with Crippen molar-refractivity contribution in [3.8, 4) is 22.9 Å². The SMILES string of the molecule is O=S(=O)(F)Oc1ccc(OCc2c(F)cc(-c3ncccn3)cc2F)cc1.